The van der Waals surface area contributed by atoms with Crippen LogP contribution in [0, 0.1) is 6.92 Å². The van der Waals surface area contributed by atoms with Crippen molar-refractivity contribution in [1.29, 1.82) is 0 Å². The van der Waals surface area contributed by atoms with Crippen LogP contribution in [0.4, 0.5) is 0 Å². The maximum atomic E-state index is 4.61. The zero-order chi connectivity index (χ0) is 14.2. The Bertz CT molecular complexity index is 779. The molecule has 106 valence electrons. The molecule has 0 saturated heterocycles. The van der Waals surface area contributed by atoms with E-state index in [0.29, 0.717) is 5.92 Å². The lowest BCUT2D eigenvalue weighted by Gasteiger charge is -2.05. The Kier molecular flexibility index (Phi) is 3.03. The van der Waals surface area contributed by atoms with Crippen LogP contribution in [0.2, 0.25) is 0 Å². The first-order chi connectivity index (χ1) is 10.3. The largest absolute Gasteiger partial charge is 0.342 e. The molecule has 0 aliphatic heterocycles. The molecule has 4 rings (SSSR count). The van der Waals surface area contributed by atoms with Gasteiger partial charge in [0.1, 0.15) is 5.82 Å². The van der Waals surface area contributed by atoms with Gasteiger partial charge in [0, 0.05) is 11.5 Å². The summed E-state index contributed by atoms with van der Waals surface area (Å²) in [6, 6.07) is 13.2. The summed E-state index contributed by atoms with van der Waals surface area (Å²) in [4.78, 5) is 8.15. The number of aromatic nitrogens is 2. The number of hydrogen-bond donors (Lipinski definition) is 1. The van der Waals surface area contributed by atoms with E-state index < -0.39 is 0 Å². The van der Waals surface area contributed by atoms with Crippen molar-refractivity contribution in [3.05, 3.63) is 54.0 Å². The molecule has 0 spiro atoms. The molecular formula is C19H20N2. The first-order valence-electron chi connectivity index (χ1n) is 7.85. The molecule has 0 atom stereocenters. The monoisotopic (exact) mass is 276 g/mol. The molecule has 1 saturated carbocycles. The van der Waals surface area contributed by atoms with E-state index >= 15 is 0 Å². The number of aryl methyl sites for hydroxylation is 1. The molecule has 1 aliphatic rings. The predicted octanol–water partition coefficient (Wildman–Crippen LogP) is 5.20. The van der Waals surface area contributed by atoms with Gasteiger partial charge in [-0.2, -0.15) is 0 Å². The molecule has 2 heteroatoms. The van der Waals surface area contributed by atoms with Crippen molar-refractivity contribution >= 4 is 10.8 Å². The Labute approximate surface area is 125 Å². The third kappa shape index (κ3) is 2.35. The minimum atomic E-state index is 0.641. The van der Waals surface area contributed by atoms with Gasteiger partial charge in [-0.15, -0.1) is 0 Å². The Hall–Kier alpha value is -2.09. The van der Waals surface area contributed by atoms with Gasteiger partial charge < -0.3 is 4.98 Å². The van der Waals surface area contributed by atoms with E-state index in [1.807, 2.05) is 6.20 Å². The minimum absolute atomic E-state index is 0.641. The molecule has 1 aromatic heterocycles. The second-order valence-corrected chi connectivity index (χ2v) is 6.23. The van der Waals surface area contributed by atoms with Crippen LogP contribution < -0.4 is 0 Å². The fraction of sp³-hybridized carbons (Fsp3) is 0.316. The highest BCUT2D eigenvalue weighted by molar-refractivity contribution is 5.87. The number of H-pyrrole nitrogens is 1. The number of aromatic amines is 1. The van der Waals surface area contributed by atoms with Gasteiger partial charge in [-0.25, -0.2) is 4.98 Å². The topological polar surface area (TPSA) is 28.7 Å². The second-order valence-electron chi connectivity index (χ2n) is 6.23. The number of hydrogen-bond acceptors (Lipinski definition) is 1. The van der Waals surface area contributed by atoms with E-state index in [1.165, 1.54) is 53.4 Å². The van der Waals surface area contributed by atoms with Gasteiger partial charge in [0.05, 0.1) is 11.9 Å². The van der Waals surface area contributed by atoms with Crippen LogP contribution in [0.5, 0.6) is 0 Å². The minimum Gasteiger partial charge on any atom is -0.342 e. The average Bonchev–Trinajstić information content (AvgIpc) is 3.17. The van der Waals surface area contributed by atoms with Crippen LogP contribution >= 0.6 is 0 Å². The Morgan fingerprint density at radius 2 is 1.76 bits per heavy atom. The second kappa shape index (κ2) is 5.03. The van der Waals surface area contributed by atoms with E-state index in [4.69, 9.17) is 0 Å². The molecule has 0 bridgehead atoms. The fourth-order valence-corrected chi connectivity index (χ4v) is 3.42. The number of nitrogens with one attached hydrogen (secondary N) is 1. The smallest absolute Gasteiger partial charge is 0.109 e. The standard InChI is InChI=1S/C19H20N2/c1-13-6-7-16-11-17(9-8-15(16)10-13)18-12-20-19(21-18)14-4-2-3-5-14/h6-12,14H,2-5H2,1H3,(H,20,21). The highest BCUT2D eigenvalue weighted by Crippen LogP contribution is 2.33. The first kappa shape index (κ1) is 12.6. The summed E-state index contributed by atoms with van der Waals surface area (Å²) in [6.45, 7) is 2.14. The molecule has 0 amide bonds. The van der Waals surface area contributed by atoms with Crippen LogP contribution in [0.3, 0.4) is 0 Å². The molecule has 1 heterocycles. The highest BCUT2D eigenvalue weighted by atomic mass is 14.9. The average molecular weight is 276 g/mol. The van der Waals surface area contributed by atoms with E-state index in [1.54, 1.807) is 0 Å². The zero-order valence-corrected chi connectivity index (χ0v) is 12.4. The summed E-state index contributed by atoms with van der Waals surface area (Å²) in [5.74, 6) is 1.81. The summed E-state index contributed by atoms with van der Waals surface area (Å²) in [5, 5.41) is 2.59. The summed E-state index contributed by atoms with van der Waals surface area (Å²) < 4.78 is 0. The lowest BCUT2D eigenvalue weighted by Crippen LogP contribution is -1.94. The fourth-order valence-electron chi connectivity index (χ4n) is 3.42. The lowest BCUT2D eigenvalue weighted by atomic mass is 10.0. The van der Waals surface area contributed by atoms with Gasteiger partial charge in [0.2, 0.25) is 0 Å². The zero-order valence-electron chi connectivity index (χ0n) is 12.4. The van der Waals surface area contributed by atoms with Crippen LogP contribution in [0.25, 0.3) is 22.0 Å². The van der Waals surface area contributed by atoms with E-state index in [0.717, 1.165) is 5.69 Å². The van der Waals surface area contributed by atoms with Gasteiger partial charge in [-0.05, 0) is 36.6 Å². The van der Waals surface area contributed by atoms with Crippen molar-refractivity contribution in [3.63, 3.8) is 0 Å². The van der Waals surface area contributed by atoms with Crippen molar-refractivity contribution < 1.29 is 0 Å². The van der Waals surface area contributed by atoms with E-state index in [9.17, 15) is 0 Å². The molecule has 0 unspecified atom stereocenters. The number of rotatable bonds is 2. The van der Waals surface area contributed by atoms with Crippen LogP contribution in [-0.2, 0) is 0 Å². The Balaban J connectivity index is 1.71. The SMILES string of the molecule is Cc1ccc2cc(-c3cnc(C4CCCC4)[nH]3)ccc2c1. The van der Waals surface area contributed by atoms with Gasteiger partial charge in [0.15, 0.2) is 0 Å². The molecular weight excluding hydrogens is 256 g/mol. The van der Waals surface area contributed by atoms with Crippen molar-refractivity contribution in [2.45, 2.75) is 38.5 Å². The van der Waals surface area contributed by atoms with Crippen molar-refractivity contribution in [2.24, 2.45) is 0 Å². The molecule has 1 fully saturated rings. The normalized spacial score (nSPS) is 15.9. The predicted molar refractivity (Wildman–Crippen MR) is 87.5 cm³/mol. The van der Waals surface area contributed by atoms with Crippen LogP contribution in [0.1, 0.15) is 43.0 Å². The van der Waals surface area contributed by atoms with Gasteiger partial charge >= 0.3 is 0 Å². The number of benzene rings is 2. The van der Waals surface area contributed by atoms with Gasteiger partial charge in [0.25, 0.3) is 0 Å². The van der Waals surface area contributed by atoms with Gasteiger partial charge in [-0.1, -0.05) is 48.7 Å². The summed E-state index contributed by atoms with van der Waals surface area (Å²) >= 11 is 0. The van der Waals surface area contributed by atoms with E-state index in [2.05, 4.69) is 53.3 Å². The maximum absolute atomic E-state index is 4.61. The van der Waals surface area contributed by atoms with Gasteiger partial charge in [-0.3, -0.25) is 0 Å². The third-order valence-corrected chi connectivity index (χ3v) is 4.64. The summed E-state index contributed by atoms with van der Waals surface area (Å²) in [7, 11) is 0. The molecule has 1 aliphatic carbocycles. The molecule has 21 heavy (non-hydrogen) atoms. The van der Waals surface area contributed by atoms with Crippen LogP contribution in [0.15, 0.2) is 42.6 Å². The quantitative estimate of drug-likeness (QED) is 0.685. The lowest BCUT2D eigenvalue weighted by molar-refractivity contribution is 0.679. The molecule has 0 radical (unpaired) electrons. The molecule has 1 N–H and O–H groups in total. The molecule has 2 nitrogen and oxygen atoms in total. The summed E-state index contributed by atoms with van der Waals surface area (Å²) in [5.41, 5.74) is 3.67. The number of imidazole rings is 1. The Morgan fingerprint density at radius 1 is 1.00 bits per heavy atom. The van der Waals surface area contributed by atoms with E-state index in [-0.39, 0.29) is 0 Å². The Morgan fingerprint density at radius 3 is 2.62 bits per heavy atom. The maximum Gasteiger partial charge on any atom is 0.109 e. The first-order valence-corrected chi connectivity index (χ1v) is 7.85. The summed E-state index contributed by atoms with van der Waals surface area (Å²) in [6.07, 6.45) is 7.24. The highest BCUT2D eigenvalue weighted by Gasteiger charge is 2.19. The van der Waals surface area contributed by atoms with Crippen molar-refractivity contribution in [3.8, 4) is 11.3 Å². The van der Waals surface area contributed by atoms with Crippen molar-refractivity contribution in [1.82, 2.24) is 9.97 Å². The molecule has 3 aromatic rings. The van der Waals surface area contributed by atoms with Crippen LogP contribution in [-0.4, -0.2) is 9.97 Å². The molecule has 2 aromatic carbocycles. The third-order valence-electron chi connectivity index (χ3n) is 4.64. The number of nitrogens with zero attached hydrogens (tertiary/aromatic N) is 1. The van der Waals surface area contributed by atoms with Crippen molar-refractivity contribution in [2.75, 3.05) is 0 Å². The number of fused-ring (bicyclic) bond motifs is 1.